The third-order valence-corrected chi connectivity index (χ3v) is 2.59. The Morgan fingerprint density at radius 2 is 2.00 bits per heavy atom. The van der Waals surface area contributed by atoms with Gasteiger partial charge in [0, 0.05) is 13.4 Å². The van der Waals surface area contributed by atoms with Crippen LogP contribution >= 0.6 is 0 Å². The van der Waals surface area contributed by atoms with Crippen LogP contribution in [0.1, 0.15) is 28.1 Å². The number of carbonyl (C=O) groups excluding carboxylic acids is 1. The Morgan fingerprint density at radius 1 is 1.46 bits per heavy atom. The number of amides is 1. The summed E-state index contributed by atoms with van der Waals surface area (Å²) in [6, 6.07) is 0.408. The SMILES string of the molecule is CC(C)C(=O)NC1CCN(C)CC1.[HH]. The van der Waals surface area contributed by atoms with Crippen molar-refractivity contribution in [1.29, 1.82) is 0 Å². The van der Waals surface area contributed by atoms with E-state index in [0.29, 0.717) is 6.04 Å². The first-order chi connectivity index (χ1) is 6.09. The molecule has 0 atom stereocenters. The van der Waals surface area contributed by atoms with E-state index in [0.717, 1.165) is 25.9 Å². The summed E-state index contributed by atoms with van der Waals surface area (Å²) in [6.07, 6.45) is 2.18. The molecule has 0 saturated carbocycles. The summed E-state index contributed by atoms with van der Waals surface area (Å²) in [5.41, 5.74) is 0. The van der Waals surface area contributed by atoms with Gasteiger partial charge in [0.25, 0.3) is 0 Å². The highest BCUT2D eigenvalue weighted by molar-refractivity contribution is 5.78. The molecule has 3 nitrogen and oxygen atoms in total. The molecule has 0 radical (unpaired) electrons. The van der Waals surface area contributed by atoms with Crippen molar-refractivity contribution in [2.75, 3.05) is 20.1 Å². The fourth-order valence-corrected chi connectivity index (χ4v) is 1.52. The number of hydrogen-bond donors (Lipinski definition) is 1. The minimum atomic E-state index is 0. The van der Waals surface area contributed by atoms with E-state index < -0.39 is 0 Å². The van der Waals surface area contributed by atoms with Crippen LogP contribution in [0.25, 0.3) is 0 Å². The molecule has 0 spiro atoms. The van der Waals surface area contributed by atoms with Gasteiger partial charge in [-0.1, -0.05) is 13.8 Å². The highest BCUT2D eigenvalue weighted by Gasteiger charge is 2.19. The second-order valence-corrected chi connectivity index (χ2v) is 4.24. The molecule has 1 amide bonds. The summed E-state index contributed by atoms with van der Waals surface area (Å²) in [4.78, 5) is 13.7. The van der Waals surface area contributed by atoms with Crippen LogP contribution in [0.15, 0.2) is 0 Å². The fraction of sp³-hybridized carbons (Fsp3) is 0.900. The first-order valence-electron chi connectivity index (χ1n) is 5.08. The Bertz CT molecular complexity index is 177. The van der Waals surface area contributed by atoms with E-state index in [1.54, 1.807) is 0 Å². The van der Waals surface area contributed by atoms with Crippen LogP contribution in [0.5, 0.6) is 0 Å². The smallest absolute Gasteiger partial charge is 0.222 e. The molecule has 1 heterocycles. The van der Waals surface area contributed by atoms with Gasteiger partial charge in [-0.05, 0) is 33.0 Å². The van der Waals surface area contributed by atoms with Gasteiger partial charge in [-0.15, -0.1) is 0 Å². The number of nitrogens with zero attached hydrogens (tertiary/aromatic N) is 1. The van der Waals surface area contributed by atoms with Crippen LogP contribution < -0.4 is 5.32 Å². The predicted octanol–water partition coefficient (Wildman–Crippen LogP) is 1.10. The second-order valence-electron chi connectivity index (χ2n) is 4.24. The topological polar surface area (TPSA) is 32.3 Å². The first kappa shape index (κ1) is 10.5. The molecular weight excluding hydrogens is 164 g/mol. The molecule has 1 rings (SSSR count). The maximum atomic E-state index is 11.4. The van der Waals surface area contributed by atoms with Crippen molar-refractivity contribution < 1.29 is 6.22 Å². The van der Waals surface area contributed by atoms with E-state index in [1.807, 2.05) is 13.8 Å². The largest absolute Gasteiger partial charge is 0.353 e. The van der Waals surface area contributed by atoms with E-state index in [1.165, 1.54) is 0 Å². The normalized spacial score (nSPS) is 20.6. The molecule has 0 aliphatic carbocycles. The van der Waals surface area contributed by atoms with E-state index in [-0.39, 0.29) is 13.3 Å². The van der Waals surface area contributed by atoms with Gasteiger partial charge in [-0.3, -0.25) is 4.79 Å². The summed E-state index contributed by atoms with van der Waals surface area (Å²) in [5.74, 6) is 0.300. The molecule has 78 valence electrons. The molecule has 1 saturated heterocycles. The van der Waals surface area contributed by atoms with Gasteiger partial charge in [-0.25, -0.2) is 0 Å². The second kappa shape index (κ2) is 4.61. The van der Waals surface area contributed by atoms with Crippen LogP contribution in [0.3, 0.4) is 0 Å². The monoisotopic (exact) mass is 186 g/mol. The third kappa shape index (κ3) is 3.35. The van der Waals surface area contributed by atoms with Crippen LogP contribution in [0, 0.1) is 5.92 Å². The molecule has 0 aromatic rings. The van der Waals surface area contributed by atoms with Gasteiger partial charge >= 0.3 is 0 Å². The fourth-order valence-electron chi connectivity index (χ4n) is 1.52. The number of piperidine rings is 1. The van der Waals surface area contributed by atoms with Gasteiger partial charge in [0.15, 0.2) is 0 Å². The molecule has 0 bridgehead atoms. The number of carbonyl (C=O) groups is 1. The Hall–Kier alpha value is -0.570. The lowest BCUT2D eigenvalue weighted by Gasteiger charge is -2.29. The number of nitrogens with one attached hydrogen (secondary N) is 1. The Kier molecular flexibility index (Phi) is 3.72. The summed E-state index contributed by atoms with van der Waals surface area (Å²) in [5, 5.41) is 3.07. The van der Waals surface area contributed by atoms with Gasteiger partial charge < -0.3 is 10.2 Å². The van der Waals surface area contributed by atoms with Crippen LogP contribution in [-0.4, -0.2) is 37.0 Å². The standard InChI is InChI=1S/C10H20N2O.H2/c1-8(2)10(13)11-9-4-6-12(3)7-5-9;/h8-9H,4-7H2,1-3H3,(H,11,13);1H. The molecule has 1 aliphatic rings. The highest BCUT2D eigenvalue weighted by atomic mass is 16.1. The van der Waals surface area contributed by atoms with Crippen molar-refractivity contribution in [3.8, 4) is 0 Å². The molecule has 0 unspecified atom stereocenters. The quantitative estimate of drug-likeness (QED) is 0.700. The molecule has 3 heteroatoms. The summed E-state index contributed by atoms with van der Waals surface area (Å²) >= 11 is 0. The third-order valence-electron chi connectivity index (χ3n) is 2.59. The van der Waals surface area contributed by atoms with Crippen molar-refractivity contribution in [1.82, 2.24) is 10.2 Å². The zero-order valence-electron chi connectivity index (χ0n) is 8.84. The summed E-state index contributed by atoms with van der Waals surface area (Å²) < 4.78 is 0. The van der Waals surface area contributed by atoms with Crippen molar-refractivity contribution in [2.45, 2.75) is 32.7 Å². The lowest BCUT2D eigenvalue weighted by atomic mass is 10.0. The molecule has 13 heavy (non-hydrogen) atoms. The van der Waals surface area contributed by atoms with Gasteiger partial charge in [0.05, 0.1) is 0 Å². The van der Waals surface area contributed by atoms with E-state index >= 15 is 0 Å². The van der Waals surface area contributed by atoms with Crippen LogP contribution in [-0.2, 0) is 4.79 Å². The van der Waals surface area contributed by atoms with Crippen molar-refractivity contribution >= 4 is 5.91 Å². The highest BCUT2D eigenvalue weighted by Crippen LogP contribution is 2.08. The van der Waals surface area contributed by atoms with Gasteiger partial charge in [-0.2, -0.15) is 0 Å². The van der Waals surface area contributed by atoms with E-state index in [2.05, 4.69) is 17.3 Å². The van der Waals surface area contributed by atoms with Gasteiger partial charge in [0.1, 0.15) is 0 Å². The maximum Gasteiger partial charge on any atom is 0.222 e. The minimum Gasteiger partial charge on any atom is -0.353 e. The zero-order valence-corrected chi connectivity index (χ0v) is 8.84. The Morgan fingerprint density at radius 3 is 2.46 bits per heavy atom. The van der Waals surface area contributed by atoms with Crippen LogP contribution in [0.4, 0.5) is 0 Å². The lowest BCUT2D eigenvalue weighted by molar-refractivity contribution is -0.125. The number of likely N-dealkylation sites (tertiary alicyclic amines) is 1. The van der Waals surface area contributed by atoms with Gasteiger partial charge in [0.2, 0.25) is 5.91 Å². The Labute approximate surface area is 82.0 Å². The van der Waals surface area contributed by atoms with Crippen molar-refractivity contribution in [3.63, 3.8) is 0 Å². The summed E-state index contributed by atoms with van der Waals surface area (Å²) in [6.45, 7) is 6.07. The van der Waals surface area contributed by atoms with Crippen LogP contribution in [0.2, 0.25) is 0 Å². The Balaban J connectivity index is 0.00000169. The van der Waals surface area contributed by atoms with E-state index in [9.17, 15) is 4.79 Å². The predicted molar refractivity (Wildman–Crippen MR) is 55.6 cm³/mol. The van der Waals surface area contributed by atoms with Crippen molar-refractivity contribution in [2.24, 2.45) is 5.92 Å². The average molecular weight is 186 g/mol. The van der Waals surface area contributed by atoms with E-state index in [4.69, 9.17) is 0 Å². The molecule has 1 N–H and O–H groups in total. The number of rotatable bonds is 2. The molecule has 0 aromatic heterocycles. The molecular formula is C10H22N2O. The number of hydrogen-bond acceptors (Lipinski definition) is 2. The first-order valence-corrected chi connectivity index (χ1v) is 5.08. The maximum absolute atomic E-state index is 11.4. The van der Waals surface area contributed by atoms with Crippen molar-refractivity contribution in [3.05, 3.63) is 0 Å². The zero-order chi connectivity index (χ0) is 9.84. The summed E-state index contributed by atoms with van der Waals surface area (Å²) in [7, 11) is 2.13. The average Bonchev–Trinajstić information content (AvgIpc) is 2.08. The molecule has 1 aliphatic heterocycles. The molecule has 1 fully saturated rings. The minimum absolute atomic E-state index is 0. The lowest BCUT2D eigenvalue weighted by Crippen LogP contribution is -2.44. The molecule has 0 aromatic carbocycles.